The first kappa shape index (κ1) is 12.7. The fourth-order valence-corrected chi connectivity index (χ4v) is 0.980. The van der Waals surface area contributed by atoms with Crippen LogP contribution in [0.15, 0.2) is 0 Å². The van der Waals surface area contributed by atoms with E-state index in [-0.39, 0.29) is 19.7 Å². The van der Waals surface area contributed by atoms with E-state index in [0.717, 1.165) is 4.90 Å². The standard InChI is InChI=1S/C7H15F3N2O/c8-7(9,10)6-12(4-5-13)3-1-2-11/h13H,1-6,11H2. The second-order valence-corrected chi connectivity index (χ2v) is 2.76. The highest BCUT2D eigenvalue weighted by molar-refractivity contribution is 4.63. The third-order valence-electron chi connectivity index (χ3n) is 1.50. The predicted molar refractivity (Wildman–Crippen MR) is 43.3 cm³/mol. The number of nitrogens with two attached hydrogens (primary N) is 1. The Labute approximate surface area is 75.3 Å². The van der Waals surface area contributed by atoms with Gasteiger partial charge in [-0.2, -0.15) is 13.2 Å². The van der Waals surface area contributed by atoms with E-state index < -0.39 is 12.7 Å². The van der Waals surface area contributed by atoms with Gasteiger partial charge in [-0.1, -0.05) is 0 Å². The highest BCUT2D eigenvalue weighted by Gasteiger charge is 2.29. The SMILES string of the molecule is NCCCN(CCO)CC(F)(F)F. The molecule has 0 aromatic rings. The van der Waals surface area contributed by atoms with Gasteiger partial charge in [-0.25, -0.2) is 0 Å². The van der Waals surface area contributed by atoms with Crippen LogP contribution in [0.5, 0.6) is 0 Å². The summed E-state index contributed by atoms with van der Waals surface area (Å²) in [6.45, 7) is -0.565. The first-order valence-electron chi connectivity index (χ1n) is 4.09. The number of hydrogen-bond donors (Lipinski definition) is 2. The van der Waals surface area contributed by atoms with Gasteiger partial charge in [0.25, 0.3) is 0 Å². The molecule has 0 rings (SSSR count). The van der Waals surface area contributed by atoms with Gasteiger partial charge in [0.15, 0.2) is 0 Å². The molecule has 13 heavy (non-hydrogen) atoms. The van der Waals surface area contributed by atoms with E-state index in [9.17, 15) is 13.2 Å². The van der Waals surface area contributed by atoms with Gasteiger partial charge < -0.3 is 10.8 Å². The fraction of sp³-hybridized carbons (Fsp3) is 1.00. The molecule has 3 N–H and O–H groups in total. The van der Waals surface area contributed by atoms with Crippen LogP contribution in [0.3, 0.4) is 0 Å². The molecule has 0 aliphatic heterocycles. The normalized spacial score (nSPS) is 12.5. The Bertz CT molecular complexity index is 129. The molecule has 0 bridgehead atoms. The summed E-state index contributed by atoms with van der Waals surface area (Å²) in [5, 5.41) is 8.49. The number of aliphatic hydroxyl groups excluding tert-OH is 1. The molecule has 0 saturated heterocycles. The summed E-state index contributed by atoms with van der Waals surface area (Å²) < 4.78 is 35.7. The van der Waals surface area contributed by atoms with Gasteiger partial charge in [-0.15, -0.1) is 0 Å². The van der Waals surface area contributed by atoms with Gasteiger partial charge >= 0.3 is 6.18 Å². The van der Waals surface area contributed by atoms with Crippen LogP contribution in [0.25, 0.3) is 0 Å². The summed E-state index contributed by atoms with van der Waals surface area (Å²) in [6.07, 6.45) is -3.69. The van der Waals surface area contributed by atoms with Crippen molar-refractivity contribution >= 4 is 0 Å². The van der Waals surface area contributed by atoms with Crippen molar-refractivity contribution in [3.05, 3.63) is 0 Å². The van der Waals surface area contributed by atoms with Crippen molar-refractivity contribution in [2.75, 3.05) is 32.8 Å². The second-order valence-electron chi connectivity index (χ2n) is 2.76. The molecule has 0 unspecified atom stereocenters. The van der Waals surface area contributed by atoms with E-state index in [2.05, 4.69) is 0 Å². The van der Waals surface area contributed by atoms with Crippen molar-refractivity contribution in [1.82, 2.24) is 4.90 Å². The summed E-state index contributed by atoms with van der Waals surface area (Å²) in [4.78, 5) is 1.15. The molecule has 3 nitrogen and oxygen atoms in total. The Hall–Kier alpha value is -0.330. The third kappa shape index (κ3) is 8.01. The Morgan fingerprint density at radius 1 is 1.23 bits per heavy atom. The van der Waals surface area contributed by atoms with E-state index in [1.807, 2.05) is 0 Å². The zero-order chi connectivity index (χ0) is 10.3. The minimum atomic E-state index is -4.20. The Morgan fingerprint density at radius 2 is 1.85 bits per heavy atom. The Morgan fingerprint density at radius 3 is 2.23 bits per heavy atom. The van der Waals surface area contributed by atoms with Crippen molar-refractivity contribution < 1.29 is 18.3 Å². The van der Waals surface area contributed by atoms with Crippen LogP contribution in [-0.4, -0.2) is 49.0 Å². The molecule has 0 saturated carbocycles. The maximum absolute atomic E-state index is 11.9. The van der Waals surface area contributed by atoms with E-state index in [4.69, 9.17) is 10.8 Å². The van der Waals surface area contributed by atoms with Gasteiger partial charge in [-0.05, 0) is 19.5 Å². The van der Waals surface area contributed by atoms with E-state index >= 15 is 0 Å². The maximum Gasteiger partial charge on any atom is 0.401 e. The average molecular weight is 200 g/mol. The number of hydrogen-bond acceptors (Lipinski definition) is 3. The molecule has 0 aromatic carbocycles. The van der Waals surface area contributed by atoms with Crippen LogP contribution < -0.4 is 5.73 Å². The Kier molecular flexibility index (Phi) is 6.02. The first-order chi connectivity index (χ1) is 5.99. The summed E-state index contributed by atoms with van der Waals surface area (Å²) >= 11 is 0. The van der Waals surface area contributed by atoms with E-state index in [1.54, 1.807) is 0 Å². The molecule has 0 atom stereocenters. The molecule has 0 heterocycles. The predicted octanol–water partition coefficient (Wildman–Crippen LogP) is 0.192. The minimum absolute atomic E-state index is 0.0412. The number of halogens is 3. The smallest absolute Gasteiger partial charge is 0.395 e. The minimum Gasteiger partial charge on any atom is -0.395 e. The number of aliphatic hydroxyl groups is 1. The van der Waals surface area contributed by atoms with Crippen molar-refractivity contribution in [2.24, 2.45) is 5.73 Å². The highest BCUT2D eigenvalue weighted by Crippen LogP contribution is 2.16. The number of rotatable bonds is 6. The zero-order valence-electron chi connectivity index (χ0n) is 7.35. The molecule has 0 fully saturated rings. The van der Waals surface area contributed by atoms with Crippen LogP contribution in [0.4, 0.5) is 13.2 Å². The summed E-state index contributed by atoms with van der Waals surface area (Å²) in [6, 6.07) is 0. The van der Waals surface area contributed by atoms with Gasteiger partial charge in [0, 0.05) is 6.54 Å². The van der Waals surface area contributed by atoms with Gasteiger partial charge in [-0.3, -0.25) is 4.90 Å². The average Bonchev–Trinajstić information content (AvgIpc) is 1.98. The highest BCUT2D eigenvalue weighted by atomic mass is 19.4. The second kappa shape index (κ2) is 6.17. The number of alkyl halides is 3. The third-order valence-corrected chi connectivity index (χ3v) is 1.50. The van der Waals surface area contributed by atoms with Gasteiger partial charge in [0.1, 0.15) is 0 Å². The van der Waals surface area contributed by atoms with Gasteiger partial charge in [0.2, 0.25) is 0 Å². The van der Waals surface area contributed by atoms with Crippen LogP contribution in [0.2, 0.25) is 0 Å². The van der Waals surface area contributed by atoms with Crippen molar-refractivity contribution in [3.8, 4) is 0 Å². The monoisotopic (exact) mass is 200 g/mol. The summed E-state index contributed by atoms with van der Waals surface area (Å²) in [5.41, 5.74) is 5.17. The Balaban J connectivity index is 3.79. The van der Waals surface area contributed by atoms with E-state index in [1.165, 1.54) is 0 Å². The van der Waals surface area contributed by atoms with Crippen molar-refractivity contribution in [3.63, 3.8) is 0 Å². The van der Waals surface area contributed by atoms with Crippen LogP contribution in [0, 0.1) is 0 Å². The quantitative estimate of drug-likeness (QED) is 0.643. The molecule has 0 radical (unpaired) electrons. The fourth-order valence-electron chi connectivity index (χ4n) is 0.980. The molecule has 0 aliphatic carbocycles. The van der Waals surface area contributed by atoms with Crippen LogP contribution >= 0.6 is 0 Å². The molecule has 0 aliphatic rings. The lowest BCUT2D eigenvalue weighted by Crippen LogP contribution is -2.37. The largest absolute Gasteiger partial charge is 0.401 e. The van der Waals surface area contributed by atoms with Crippen molar-refractivity contribution in [1.29, 1.82) is 0 Å². The lowest BCUT2D eigenvalue weighted by molar-refractivity contribution is -0.146. The molecule has 0 spiro atoms. The maximum atomic E-state index is 11.9. The van der Waals surface area contributed by atoms with Crippen LogP contribution in [-0.2, 0) is 0 Å². The summed E-state index contributed by atoms with van der Waals surface area (Å²) in [5.74, 6) is 0. The van der Waals surface area contributed by atoms with Crippen molar-refractivity contribution in [2.45, 2.75) is 12.6 Å². The lowest BCUT2D eigenvalue weighted by atomic mass is 10.3. The topological polar surface area (TPSA) is 49.5 Å². The molecule has 0 amide bonds. The lowest BCUT2D eigenvalue weighted by Gasteiger charge is -2.22. The van der Waals surface area contributed by atoms with E-state index in [0.29, 0.717) is 13.0 Å². The van der Waals surface area contributed by atoms with Gasteiger partial charge in [0.05, 0.1) is 13.2 Å². The molecule has 6 heteroatoms. The zero-order valence-corrected chi connectivity index (χ0v) is 7.35. The first-order valence-corrected chi connectivity index (χ1v) is 4.09. The molecular formula is C7H15F3N2O. The molecular weight excluding hydrogens is 185 g/mol. The molecule has 0 aromatic heterocycles. The molecule has 80 valence electrons. The number of nitrogens with zero attached hydrogens (tertiary/aromatic N) is 1. The summed E-state index contributed by atoms with van der Waals surface area (Å²) in [7, 11) is 0. The van der Waals surface area contributed by atoms with Crippen LogP contribution in [0.1, 0.15) is 6.42 Å².